The molecule has 0 fully saturated rings. The molecule has 0 spiro atoms. The Kier molecular flexibility index (Phi) is 6.25. The maximum atomic E-state index is 13.7. The Morgan fingerprint density at radius 1 is 1.22 bits per heavy atom. The zero-order chi connectivity index (χ0) is 19.2. The molecule has 0 atom stereocenters. The highest BCUT2D eigenvalue weighted by Crippen LogP contribution is 2.31. The van der Waals surface area contributed by atoms with Gasteiger partial charge in [-0.15, -0.1) is 10.2 Å². The maximum Gasteiger partial charge on any atom is 0.221 e. The summed E-state index contributed by atoms with van der Waals surface area (Å²) in [6.07, 6.45) is 0. The molecular weight excluding hydrogens is 387 g/mol. The summed E-state index contributed by atoms with van der Waals surface area (Å²) < 4.78 is 19.4. The molecule has 0 bridgehead atoms. The summed E-state index contributed by atoms with van der Waals surface area (Å²) in [5, 5.41) is 14.8. The molecule has 1 aromatic heterocycles. The number of thioether (sulfide) groups is 1. The third-order valence-electron chi connectivity index (χ3n) is 3.42. The van der Waals surface area contributed by atoms with Crippen LogP contribution in [0.3, 0.4) is 0 Å². The van der Waals surface area contributed by atoms with Gasteiger partial charge in [-0.2, -0.15) is 0 Å². The molecule has 0 aliphatic heterocycles. The molecule has 3 rings (SSSR count). The molecule has 140 valence electrons. The number of ether oxygens (including phenoxy) is 1. The molecule has 0 radical (unpaired) electrons. The number of hydrogen-bond donors (Lipinski definition) is 2. The summed E-state index contributed by atoms with van der Waals surface area (Å²) in [5.74, 6) is 0.298. The Balaban J connectivity index is 1.60. The number of aromatic nitrogens is 2. The number of nitrogens with zero attached hydrogens (tertiary/aromatic N) is 2. The number of halogens is 1. The smallest absolute Gasteiger partial charge is 0.221 e. The van der Waals surface area contributed by atoms with E-state index in [2.05, 4.69) is 20.8 Å². The van der Waals surface area contributed by atoms with E-state index in [1.165, 1.54) is 43.2 Å². The fraction of sp³-hybridized carbons (Fsp3) is 0.167. The van der Waals surface area contributed by atoms with Gasteiger partial charge in [0.15, 0.2) is 15.9 Å². The largest absolute Gasteiger partial charge is 0.494 e. The second kappa shape index (κ2) is 8.83. The first-order valence-electron chi connectivity index (χ1n) is 7.97. The summed E-state index contributed by atoms with van der Waals surface area (Å²) in [7, 11) is 1.44. The van der Waals surface area contributed by atoms with Crippen LogP contribution < -0.4 is 15.4 Å². The van der Waals surface area contributed by atoms with E-state index in [9.17, 15) is 9.18 Å². The number of hydrogen-bond acceptors (Lipinski definition) is 7. The molecular formula is C18H17FN4O2S2. The summed E-state index contributed by atoms with van der Waals surface area (Å²) in [6.45, 7) is 1.46. The highest BCUT2D eigenvalue weighted by molar-refractivity contribution is 8.00. The monoisotopic (exact) mass is 404 g/mol. The van der Waals surface area contributed by atoms with Crippen LogP contribution in [0.4, 0.5) is 20.9 Å². The normalized spacial score (nSPS) is 10.5. The van der Waals surface area contributed by atoms with Gasteiger partial charge in [-0.25, -0.2) is 4.39 Å². The minimum atomic E-state index is -0.380. The fourth-order valence-corrected chi connectivity index (χ4v) is 3.98. The Morgan fingerprint density at radius 3 is 2.78 bits per heavy atom. The van der Waals surface area contributed by atoms with E-state index < -0.39 is 0 Å². The Hall–Kier alpha value is -2.65. The first-order valence-corrected chi connectivity index (χ1v) is 9.77. The first-order chi connectivity index (χ1) is 13.0. The lowest BCUT2D eigenvalue weighted by Crippen LogP contribution is -2.05. The number of anilines is 3. The fourth-order valence-electron chi connectivity index (χ4n) is 2.26. The summed E-state index contributed by atoms with van der Waals surface area (Å²) in [5.41, 5.74) is 2.34. The van der Waals surface area contributed by atoms with Crippen molar-refractivity contribution >= 4 is 45.5 Å². The van der Waals surface area contributed by atoms with Crippen molar-refractivity contribution in [3.8, 4) is 5.75 Å². The van der Waals surface area contributed by atoms with Crippen molar-refractivity contribution in [2.24, 2.45) is 0 Å². The van der Waals surface area contributed by atoms with Crippen LogP contribution >= 0.6 is 23.1 Å². The van der Waals surface area contributed by atoms with Crippen molar-refractivity contribution in [2.45, 2.75) is 17.0 Å². The quantitative estimate of drug-likeness (QED) is 0.557. The van der Waals surface area contributed by atoms with E-state index in [1.54, 1.807) is 6.07 Å². The van der Waals surface area contributed by atoms with Gasteiger partial charge in [0.1, 0.15) is 0 Å². The molecule has 0 aliphatic rings. The average Bonchev–Trinajstić information content (AvgIpc) is 3.07. The van der Waals surface area contributed by atoms with Gasteiger partial charge in [0.05, 0.1) is 7.11 Å². The lowest BCUT2D eigenvalue weighted by atomic mass is 10.2. The number of nitrogens with one attached hydrogen (secondary N) is 2. The number of rotatable bonds is 7. The topological polar surface area (TPSA) is 76.1 Å². The Bertz CT molecular complexity index is 949. The summed E-state index contributed by atoms with van der Waals surface area (Å²) in [6, 6.07) is 12.2. The SMILES string of the molecule is COc1ccc(CSc2nnc(Nc3cccc(NC(C)=O)c3)s2)cc1F. The van der Waals surface area contributed by atoms with Crippen LogP contribution in [-0.2, 0) is 10.5 Å². The van der Waals surface area contributed by atoms with Crippen molar-refractivity contribution in [1.29, 1.82) is 0 Å². The van der Waals surface area contributed by atoms with Gasteiger partial charge in [0.25, 0.3) is 0 Å². The van der Waals surface area contributed by atoms with Crippen LogP contribution in [0.1, 0.15) is 12.5 Å². The minimum absolute atomic E-state index is 0.128. The minimum Gasteiger partial charge on any atom is -0.494 e. The van der Waals surface area contributed by atoms with Crippen LogP contribution in [0, 0.1) is 5.82 Å². The van der Waals surface area contributed by atoms with Gasteiger partial charge in [0, 0.05) is 24.1 Å². The third-order valence-corrected chi connectivity index (χ3v) is 5.46. The standard InChI is InChI=1S/C18H17FN4O2S2/c1-11(24)20-13-4-3-5-14(9-13)21-17-22-23-18(27-17)26-10-12-6-7-16(25-2)15(19)8-12/h3-9H,10H2,1-2H3,(H,20,24)(H,21,22). The molecule has 2 N–H and O–H groups in total. The molecule has 1 heterocycles. The predicted molar refractivity (Wildman–Crippen MR) is 106 cm³/mol. The van der Waals surface area contributed by atoms with Crippen LogP contribution in [-0.4, -0.2) is 23.2 Å². The third kappa shape index (κ3) is 5.41. The van der Waals surface area contributed by atoms with E-state index in [-0.39, 0.29) is 17.5 Å². The van der Waals surface area contributed by atoms with E-state index in [4.69, 9.17) is 4.74 Å². The molecule has 6 nitrogen and oxygen atoms in total. The van der Waals surface area contributed by atoms with Crippen LogP contribution in [0.25, 0.3) is 0 Å². The summed E-state index contributed by atoms with van der Waals surface area (Å²) >= 11 is 2.88. The van der Waals surface area contributed by atoms with Gasteiger partial charge >= 0.3 is 0 Å². The first kappa shape index (κ1) is 19.1. The van der Waals surface area contributed by atoms with Crippen LogP contribution in [0.5, 0.6) is 5.75 Å². The van der Waals surface area contributed by atoms with Gasteiger partial charge in [-0.3, -0.25) is 4.79 Å². The molecule has 0 saturated heterocycles. The van der Waals surface area contributed by atoms with Crippen LogP contribution in [0.15, 0.2) is 46.8 Å². The van der Waals surface area contributed by atoms with E-state index >= 15 is 0 Å². The van der Waals surface area contributed by atoms with Crippen LogP contribution in [0.2, 0.25) is 0 Å². The van der Waals surface area contributed by atoms with E-state index in [0.29, 0.717) is 16.6 Å². The van der Waals surface area contributed by atoms with Gasteiger partial charge < -0.3 is 15.4 Å². The molecule has 9 heteroatoms. The lowest BCUT2D eigenvalue weighted by Gasteiger charge is -2.05. The number of carbonyl (C=O) groups is 1. The Labute approximate surface area is 164 Å². The van der Waals surface area contributed by atoms with Crippen molar-refractivity contribution in [3.63, 3.8) is 0 Å². The van der Waals surface area contributed by atoms with E-state index in [0.717, 1.165) is 15.6 Å². The molecule has 27 heavy (non-hydrogen) atoms. The highest BCUT2D eigenvalue weighted by Gasteiger charge is 2.08. The molecule has 0 aliphatic carbocycles. The number of benzene rings is 2. The van der Waals surface area contributed by atoms with Crippen molar-refractivity contribution in [1.82, 2.24) is 10.2 Å². The average molecular weight is 404 g/mol. The van der Waals surface area contributed by atoms with E-state index in [1.807, 2.05) is 30.3 Å². The number of amides is 1. The number of methoxy groups -OCH3 is 1. The highest BCUT2D eigenvalue weighted by atomic mass is 32.2. The zero-order valence-corrected chi connectivity index (χ0v) is 16.3. The van der Waals surface area contributed by atoms with Crippen molar-refractivity contribution in [2.75, 3.05) is 17.7 Å². The molecule has 1 amide bonds. The van der Waals surface area contributed by atoms with Crippen molar-refractivity contribution < 1.29 is 13.9 Å². The predicted octanol–water partition coefficient (Wildman–Crippen LogP) is 4.68. The zero-order valence-electron chi connectivity index (χ0n) is 14.7. The number of carbonyl (C=O) groups excluding carboxylic acids is 1. The lowest BCUT2D eigenvalue weighted by molar-refractivity contribution is -0.114. The molecule has 2 aromatic carbocycles. The Morgan fingerprint density at radius 2 is 2.04 bits per heavy atom. The van der Waals surface area contributed by atoms with Gasteiger partial charge in [-0.05, 0) is 35.9 Å². The molecule has 0 saturated carbocycles. The maximum absolute atomic E-state index is 13.7. The van der Waals surface area contributed by atoms with Gasteiger partial charge in [0.2, 0.25) is 11.0 Å². The molecule has 3 aromatic rings. The molecule has 0 unspecified atom stereocenters. The van der Waals surface area contributed by atoms with Crippen molar-refractivity contribution in [3.05, 3.63) is 53.8 Å². The van der Waals surface area contributed by atoms with Gasteiger partial charge in [-0.1, -0.05) is 35.2 Å². The second-order valence-corrected chi connectivity index (χ2v) is 7.72. The second-order valence-electron chi connectivity index (χ2n) is 5.52. The summed E-state index contributed by atoms with van der Waals surface area (Å²) in [4.78, 5) is 11.1.